The molecule has 0 aliphatic carbocycles. The number of rotatable bonds is 28. The third-order valence-corrected chi connectivity index (χ3v) is 7.59. The first-order chi connectivity index (χ1) is 20.5. The van der Waals surface area contributed by atoms with Gasteiger partial charge in [-0.05, 0) is 81.9 Å². The molecule has 0 radical (unpaired) electrons. The van der Waals surface area contributed by atoms with Crippen LogP contribution in [-0.4, -0.2) is 54.1 Å². The van der Waals surface area contributed by atoms with E-state index in [2.05, 4.69) is 17.5 Å². The van der Waals surface area contributed by atoms with E-state index < -0.39 is 6.10 Å². The number of phenolic OH excluding ortho intramolecular Hbond substituents is 1. The number of aliphatic hydroxyl groups is 1. The zero-order chi connectivity index (χ0) is 30.7. The predicted molar refractivity (Wildman–Crippen MR) is 170 cm³/mol. The van der Waals surface area contributed by atoms with Gasteiger partial charge in [-0.15, -0.1) is 0 Å². The molecule has 0 aromatic heterocycles. The van der Waals surface area contributed by atoms with Gasteiger partial charge in [-0.1, -0.05) is 62.8 Å². The molecule has 7 heteroatoms. The number of amides is 1. The quantitative estimate of drug-likeness (QED) is 0.0708. The Balaban J connectivity index is 1.96. The molecule has 0 aliphatic rings. The number of phenols is 1. The van der Waals surface area contributed by atoms with Crippen LogP contribution >= 0.6 is 0 Å². The van der Waals surface area contributed by atoms with Crippen LogP contribution in [0.2, 0.25) is 0 Å². The van der Waals surface area contributed by atoms with Gasteiger partial charge in [0, 0.05) is 45.9 Å². The smallest absolute Gasteiger partial charge is 0.249 e. The number of Topliss-reactive ketones (excluding diaryl/α,β-unsaturated/α-hetero) is 2. The molecule has 1 aromatic carbocycles. The van der Waals surface area contributed by atoms with Crippen molar-refractivity contribution in [2.45, 2.75) is 135 Å². The van der Waals surface area contributed by atoms with Crippen molar-refractivity contribution in [3.8, 4) is 5.75 Å². The van der Waals surface area contributed by atoms with Gasteiger partial charge >= 0.3 is 0 Å². The average Bonchev–Trinajstić information content (AvgIpc) is 2.98. The molecule has 1 aromatic rings. The lowest BCUT2D eigenvalue weighted by Crippen LogP contribution is -2.36. The van der Waals surface area contributed by atoms with Gasteiger partial charge in [0.15, 0.2) is 0 Å². The predicted octanol–water partition coefficient (Wildman–Crippen LogP) is 7.16. The number of carbonyl (C=O) groups is 3. The fraction of sp³-hybridized carbons (Fsp3) is 0.686. The van der Waals surface area contributed by atoms with Crippen LogP contribution in [0.15, 0.2) is 36.4 Å². The fourth-order valence-electron chi connectivity index (χ4n) is 4.92. The normalized spacial score (nSPS) is 12.0. The number of unbranched alkanes of at least 4 members (excludes halogenated alkanes) is 10. The fourth-order valence-corrected chi connectivity index (χ4v) is 4.92. The van der Waals surface area contributed by atoms with Gasteiger partial charge in [-0.3, -0.25) is 14.4 Å². The first kappa shape index (κ1) is 37.5. The minimum Gasteiger partial charge on any atom is -0.508 e. The van der Waals surface area contributed by atoms with Gasteiger partial charge in [0.05, 0.1) is 0 Å². The highest BCUT2D eigenvalue weighted by molar-refractivity contribution is 5.80. The molecule has 3 N–H and O–H groups in total. The van der Waals surface area contributed by atoms with Crippen molar-refractivity contribution < 1.29 is 29.3 Å². The molecule has 0 bridgehead atoms. The summed E-state index contributed by atoms with van der Waals surface area (Å²) in [5, 5.41) is 21.0. The molecule has 0 aliphatic heterocycles. The first-order valence-corrected chi connectivity index (χ1v) is 16.3. The second-order valence-electron chi connectivity index (χ2n) is 11.3. The number of methoxy groups -OCH3 is 1. The van der Waals surface area contributed by atoms with Crippen molar-refractivity contribution in [1.29, 1.82) is 0 Å². The number of aromatic hydroxyl groups is 1. The molecule has 0 saturated carbocycles. The van der Waals surface area contributed by atoms with E-state index in [0.717, 1.165) is 69.8 Å². The maximum Gasteiger partial charge on any atom is 0.249 e. The Hall–Kier alpha value is -2.51. The Kier molecular flexibility index (Phi) is 23.4. The van der Waals surface area contributed by atoms with Gasteiger partial charge in [-0.25, -0.2) is 0 Å². The summed E-state index contributed by atoms with van der Waals surface area (Å²) in [5.41, 5.74) is 1.05. The van der Waals surface area contributed by atoms with Crippen LogP contribution in [0.3, 0.4) is 0 Å². The summed E-state index contributed by atoms with van der Waals surface area (Å²) >= 11 is 0. The molecule has 0 fully saturated rings. The van der Waals surface area contributed by atoms with E-state index in [0.29, 0.717) is 63.2 Å². The van der Waals surface area contributed by atoms with Gasteiger partial charge in [0.25, 0.3) is 0 Å². The van der Waals surface area contributed by atoms with Crippen LogP contribution in [0.4, 0.5) is 0 Å². The lowest BCUT2D eigenvalue weighted by atomic mass is 10.0. The summed E-state index contributed by atoms with van der Waals surface area (Å²) in [6.45, 7) is 0.813. The molecular weight excluding hydrogens is 530 g/mol. The average molecular weight is 588 g/mol. The highest BCUT2D eigenvalue weighted by Gasteiger charge is 2.16. The Bertz CT molecular complexity index is 867. The van der Waals surface area contributed by atoms with Crippen molar-refractivity contribution in [2.24, 2.45) is 0 Å². The Morgan fingerprint density at radius 1 is 0.738 bits per heavy atom. The van der Waals surface area contributed by atoms with E-state index in [1.807, 2.05) is 12.1 Å². The third-order valence-electron chi connectivity index (χ3n) is 7.59. The van der Waals surface area contributed by atoms with E-state index in [1.165, 1.54) is 25.7 Å². The number of carbonyl (C=O) groups excluding carboxylic acids is 3. The molecule has 238 valence electrons. The second kappa shape index (κ2) is 26.1. The van der Waals surface area contributed by atoms with E-state index in [-0.39, 0.29) is 11.7 Å². The minimum atomic E-state index is -0.481. The number of ether oxygens (including phenoxy) is 1. The maximum atomic E-state index is 12.4. The minimum absolute atomic E-state index is 0.111. The molecule has 42 heavy (non-hydrogen) atoms. The summed E-state index contributed by atoms with van der Waals surface area (Å²) in [6, 6.07) is 6.97. The molecule has 1 rings (SSSR count). The van der Waals surface area contributed by atoms with Crippen LogP contribution in [0, 0.1) is 0 Å². The number of nitrogens with one attached hydrogen (secondary N) is 1. The largest absolute Gasteiger partial charge is 0.508 e. The van der Waals surface area contributed by atoms with Crippen LogP contribution in [0.25, 0.3) is 0 Å². The lowest BCUT2D eigenvalue weighted by Gasteiger charge is -2.14. The Morgan fingerprint density at radius 2 is 1.24 bits per heavy atom. The molecule has 0 saturated heterocycles. The summed E-state index contributed by atoms with van der Waals surface area (Å²) in [6.07, 6.45) is 21.6. The van der Waals surface area contributed by atoms with Crippen molar-refractivity contribution in [3.05, 3.63) is 42.0 Å². The number of hydrogen-bond donors (Lipinski definition) is 3. The molecule has 0 unspecified atom stereocenters. The highest BCUT2D eigenvalue weighted by atomic mass is 16.5. The van der Waals surface area contributed by atoms with Crippen molar-refractivity contribution >= 4 is 17.5 Å². The zero-order valence-electron chi connectivity index (χ0n) is 26.1. The summed E-state index contributed by atoms with van der Waals surface area (Å²) < 4.78 is 5.36. The molecule has 0 heterocycles. The number of benzene rings is 1. The van der Waals surface area contributed by atoms with Crippen LogP contribution < -0.4 is 5.32 Å². The van der Waals surface area contributed by atoms with Crippen LogP contribution in [-0.2, 0) is 25.5 Å². The topological polar surface area (TPSA) is 113 Å². The molecule has 0 spiro atoms. The number of aliphatic hydroxyl groups excluding tert-OH is 1. The first-order valence-electron chi connectivity index (χ1n) is 16.3. The zero-order valence-corrected chi connectivity index (χ0v) is 26.1. The van der Waals surface area contributed by atoms with Gasteiger partial charge in [0.2, 0.25) is 5.91 Å². The van der Waals surface area contributed by atoms with E-state index in [1.54, 1.807) is 19.2 Å². The van der Waals surface area contributed by atoms with Gasteiger partial charge in [-0.2, -0.15) is 0 Å². The van der Waals surface area contributed by atoms with Gasteiger partial charge < -0.3 is 20.3 Å². The van der Waals surface area contributed by atoms with Crippen LogP contribution in [0.5, 0.6) is 5.75 Å². The number of allylic oxidation sites excluding steroid dienone is 2. The Labute approximate surface area is 254 Å². The second-order valence-corrected chi connectivity index (χ2v) is 11.3. The standard InChI is InChI=1S/C35H57NO6/c1-42-34(35(41)36-28-27-30-23-25-33(40)26-24-30)22-14-10-6-5-9-13-19-32(39)21-16-15-20-31(38)18-12-8-4-2-3-7-11-17-29-37/h6,10,23-26,34,37,40H,2-5,7-9,11-22,27-29H2,1H3,(H,36,41)/b10-6-/t34-/m0/s1. The van der Waals surface area contributed by atoms with Crippen molar-refractivity contribution in [2.75, 3.05) is 20.3 Å². The monoisotopic (exact) mass is 587 g/mol. The van der Waals surface area contributed by atoms with E-state index in [4.69, 9.17) is 9.84 Å². The SMILES string of the molecule is CO[C@@H](CC/C=C\CCCCC(=O)CCCCC(=O)CCCCCCCCCCO)C(=O)NCCc1ccc(O)cc1. The summed E-state index contributed by atoms with van der Waals surface area (Å²) in [4.78, 5) is 36.6. The van der Waals surface area contributed by atoms with Crippen molar-refractivity contribution in [1.82, 2.24) is 5.32 Å². The summed E-state index contributed by atoms with van der Waals surface area (Å²) in [5.74, 6) is 0.751. The highest BCUT2D eigenvalue weighted by Crippen LogP contribution is 2.13. The maximum absolute atomic E-state index is 12.4. The molecule has 1 atom stereocenters. The van der Waals surface area contributed by atoms with Crippen LogP contribution in [0.1, 0.15) is 128 Å². The number of hydrogen-bond acceptors (Lipinski definition) is 6. The Morgan fingerprint density at radius 3 is 1.81 bits per heavy atom. The van der Waals surface area contributed by atoms with Gasteiger partial charge in [0.1, 0.15) is 23.4 Å². The summed E-state index contributed by atoms with van der Waals surface area (Å²) in [7, 11) is 1.55. The molecule has 1 amide bonds. The van der Waals surface area contributed by atoms with Crippen molar-refractivity contribution in [3.63, 3.8) is 0 Å². The van der Waals surface area contributed by atoms with E-state index in [9.17, 15) is 19.5 Å². The molecular formula is C35H57NO6. The molecule has 7 nitrogen and oxygen atoms in total. The lowest BCUT2D eigenvalue weighted by molar-refractivity contribution is -0.131. The number of ketones is 2. The third kappa shape index (κ3) is 21.2. The van der Waals surface area contributed by atoms with E-state index >= 15 is 0 Å².